The maximum Gasteiger partial charge on any atom is 0.417 e. The van der Waals surface area contributed by atoms with Crippen LogP contribution >= 0.6 is 0 Å². The minimum atomic E-state index is -4.84. The topological polar surface area (TPSA) is 101 Å². The molecule has 0 atom stereocenters. The van der Waals surface area contributed by atoms with Gasteiger partial charge in [-0.3, -0.25) is 14.9 Å². The van der Waals surface area contributed by atoms with Gasteiger partial charge in [0.05, 0.1) is 15.4 Å². The predicted octanol–water partition coefficient (Wildman–Crippen LogP) is 2.76. The van der Waals surface area contributed by atoms with E-state index in [-0.39, 0.29) is 37.4 Å². The molecule has 1 aliphatic heterocycles. The molecule has 1 saturated heterocycles. The number of nitrogens with zero attached hydrogens (tertiary/aromatic N) is 3. The molecule has 160 valence electrons. The summed E-state index contributed by atoms with van der Waals surface area (Å²) in [6.45, 7) is -0.696. The molecule has 1 heterocycles. The van der Waals surface area contributed by atoms with E-state index >= 15 is 0 Å². The summed E-state index contributed by atoms with van der Waals surface area (Å²) >= 11 is 0. The number of piperazine rings is 1. The molecular formula is C18H16F3N3O5S. The third kappa shape index (κ3) is 4.14. The molecule has 30 heavy (non-hydrogen) atoms. The fraction of sp³-hybridized carbons (Fsp3) is 0.278. The number of hydrogen-bond donors (Lipinski definition) is 0. The smallest absolute Gasteiger partial charge is 0.336 e. The molecule has 8 nitrogen and oxygen atoms in total. The number of nitro groups is 1. The van der Waals surface area contributed by atoms with Gasteiger partial charge in [0.25, 0.3) is 11.6 Å². The highest BCUT2D eigenvalue weighted by Crippen LogP contribution is 2.35. The van der Waals surface area contributed by atoms with Gasteiger partial charge in [-0.1, -0.05) is 24.3 Å². The van der Waals surface area contributed by atoms with E-state index in [1.807, 2.05) is 0 Å². The lowest BCUT2D eigenvalue weighted by atomic mass is 10.1. The molecule has 2 aromatic rings. The molecule has 1 amide bonds. The summed E-state index contributed by atoms with van der Waals surface area (Å²) in [5.74, 6) is -0.643. The maximum atomic E-state index is 13.2. The Morgan fingerprint density at radius 3 is 2.13 bits per heavy atom. The fourth-order valence-corrected chi connectivity index (χ4v) is 4.81. The van der Waals surface area contributed by atoms with Gasteiger partial charge < -0.3 is 4.90 Å². The molecule has 0 bridgehead atoms. The van der Waals surface area contributed by atoms with Crippen molar-refractivity contribution in [2.75, 3.05) is 26.2 Å². The third-order valence-electron chi connectivity index (χ3n) is 4.67. The summed E-state index contributed by atoms with van der Waals surface area (Å²) in [7, 11) is -4.44. The maximum absolute atomic E-state index is 13.2. The molecule has 0 aliphatic carbocycles. The van der Waals surface area contributed by atoms with E-state index in [1.165, 1.54) is 35.2 Å². The SMILES string of the molecule is O=C(c1ccccc1[N+](=O)[O-])N1CCN(S(=O)(=O)c2ccccc2C(F)(F)F)CC1. The standard InChI is InChI=1S/C18H16F3N3O5S/c19-18(20,21)14-6-2-4-8-16(14)30(28,29)23-11-9-22(10-12-23)17(25)13-5-1-3-7-15(13)24(26)27/h1-8H,9-12H2. The Kier molecular flexibility index (Phi) is 5.81. The second kappa shape index (κ2) is 8.03. The van der Waals surface area contributed by atoms with Crippen molar-refractivity contribution in [3.8, 4) is 0 Å². The van der Waals surface area contributed by atoms with Gasteiger partial charge in [0.15, 0.2) is 0 Å². The number of halogens is 3. The van der Waals surface area contributed by atoms with Gasteiger partial charge in [-0.15, -0.1) is 0 Å². The second-order valence-corrected chi connectivity index (χ2v) is 8.37. The number of rotatable bonds is 4. The van der Waals surface area contributed by atoms with Crippen molar-refractivity contribution in [3.05, 3.63) is 69.8 Å². The highest BCUT2D eigenvalue weighted by Gasteiger charge is 2.40. The van der Waals surface area contributed by atoms with Crippen molar-refractivity contribution >= 4 is 21.6 Å². The molecule has 2 aromatic carbocycles. The van der Waals surface area contributed by atoms with E-state index in [4.69, 9.17) is 0 Å². The van der Waals surface area contributed by atoms with Crippen LogP contribution in [0.1, 0.15) is 15.9 Å². The summed E-state index contributed by atoms with van der Waals surface area (Å²) in [6.07, 6.45) is -4.84. The van der Waals surface area contributed by atoms with Crippen LogP contribution in [0.25, 0.3) is 0 Å². The average molecular weight is 443 g/mol. The Morgan fingerprint density at radius 2 is 1.53 bits per heavy atom. The number of benzene rings is 2. The van der Waals surface area contributed by atoms with E-state index < -0.39 is 37.5 Å². The lowest BCUT2D eigenvalue weighted by Gasteiger charge is -2.34. The van der Waals surface area contributed by atoms with Crippen LogP contribution in [0, 0.1) is 10.1 Å². The first-order valence-corrected chi connectivity index (χ1v) is 10.2. The van der Waals surface area contributed by atoms with Gasteiger partial charge in [0, 0.05) is 32.2 Å². The third-order valence-corrected chi connectivity index (χ3v) is 6.62. The fourth-order valence-electron chi connectivity index (χ4n) is 3.18. The van der Waals surface area contributed by atoms with Gasteiger partial charge in [-0.25, -0.2) is 8.42 Å². The first-order chi connectivity index (χ1) is 14.0. The average Bonchev–Trinajstić information content (AvgIpc) is 2.72. The zero-order valence-electron chi connectivity index (χ0n) is 15.4. The summed E-state index contributed by atoms with van der Waals surface area (Å²) in [4.78, 5) is 23.5. The van der Waals surface area contributed by atoms with Gasteiger partial charge in [0.1, 0.15) is 5.56 Å². The second-order valence-electron chi connectivity index (χ2n) is 6.46. The molecule has 1 aliphatic rings. The van der Waals surface area contributed by atoms with Crippen LogP contribution in [0.2, 0.25) is 0 Å². The number of nitro benzene ring substituents is 1. The van der Waals surface area contributed by atoms with Crippen LogP contribution < -0.4 is 0 Å². The molecule has 1 fully saturated rings. The minimum Gasteiger partial charge on any atom is -0.336 e. The van der Waals surface area contributed by atoms with Crippen molar-refractivity contribution in [3.63, 3.8) is 0 Å². The van der Waals surface area contributed by atoms with Gasteiger partial charge in [-0.2, -0.15) is 17.5 Å². The number of sulfonamides is 1. The number of carbonyl (C=O) groups excluding carboxylic acids is 1. The Morgan fingerprint density at radius 1 is 0.967 bits per heavy atom. The molecule has 0 saturated carbocycles. The lowest BCUT2D eigenvalue weighted by molar-refractivity contribution is -0.385. The summed E-state index contributed by atoms with van der Waals surface area (Å²) in [5.41, 5.74) is -1.78. The first kappa shape index (κ1) is 21.7. The number of para-hydroxylation sites is 1. The zero-order chi connectivity index (χ0) is 22.1. The molecule has 0 N–H and O–H groups in total. The molecular weight excluding hydrogens is 427 g/mol. The molecule has 0 unspecified atom stereocenters. The lowest BCUT2D eigenvalue weighted by Crippen LogP contribution is -2.50. The van der Waals surface area contributed by atoms with Crippen molar-refractivity contribution in [2.24, 2.45) is 0 Å². The molecule has 0 radical (unpaired) electrons. The summed E-state index contributed by atoms with van der Waals surface area (Å²) in [5, 5.41) is 11.1. The van der Waals surface area contributed by atoms with Crippen LogP contribution in [-0.2, 0) is 16.2 Å². The number of carbonyl (C=O) groups is 1. The van der Waals surface area contributed by atoms with E-state index in [0.717, 1.165) is 16.4 Å². The Hall–Kier alpha value is -2.99. The van der Waals surface area contributed by atoms with Crippen LogP contribution in [0.5, 0.6) is 0 Å². The number of alkyl halides is 3. The van der Waals surface area contributed by atoms with Crippen molar-refractivity contribution in [1.29, 1.82) is 0 Å². The van der Waals surface area contributed by atoms with Crippen LogP contribution in [0.4, 0.5) is 18.9 Å². The van der Waals surface area contributed by atoms with E-state index in [9.17, 15) is 36.5 Å². The van der Waals surface area contributed by atoms with Crippen LogP contribution in [-0.4, -0.2) is 54.6 Å². The predicted molar refractivity (Wildman–Crippen MR) is 99.2 cm³/mol. The van der Waals surface area contributed by atoms with Gasteiger partial charge >= 0.3 is 6.18 Å². The molecule has 12 heteroatoms. The number of amides is 1. The highest BCUT2D eigenvalue weighted by atomic mass is 32.2. The Balaban J connectivity index is 1.80. The van der Waals surface area contributed by atoms with Crippen LogP contribution in [0.3, 0.4) is 0 Å². The van der Waals surface area contributed by atoms with Gasteiger partial charge in [0.2, 0.25) is 10.0 Å². The largest absolute Gasteiger partial charge is 0.417 e. The quantitative estimate of drug-likeness (QED) is 0.534. The van der Waals surface area contributed by atoms with E-state index in [0.29, 0.717) is 6.07 Å². The summed E-state index contributed by atoms with van der Waals surface area (Å²) in [6, 6.07) is 9.25. The number of hydrogen-bond acceptors (Lipinski definition) is 5. The van der Waals surface area contributed by atoms with E-state index in [1.54, 1.807) is 0 Å². The minimum absolute atomic E-state index is 0.113. The monoisotopic (exact) mass is 443 g/mol. The molecule has 3 rings (SSSR count). The van der Waals surface area contributed by atoms with Crippen LogP contribution in [0.15, 0.2) is 53.4 Å². The van der Waals surface area contributed by atoms with Gasteiger partial charge in [-0.05, 0) is 18.2 Å². The highest BCUT2D eigenvalue weighted by molar-refractivity contribution is 7.89. The van der Waals surface area contributed by atoms with Crippen molar-refractivity contribution in [1.82, 2.24) is 9.21 Å². The molecule has 0 aromatic heterocycles. The van der Waals surface area contributed by atoms with Crippen molar-refractivity contribution in [2.45, 2.75) is 11.1 Å². The Bertz CT molecular complexity index is 1080. The normalized spacial score (nSPS) is 15.8. The zero-order valence-corrected chi connectivity index (χ0v) is 16.2. The summed E-state index contributed by atoms with van der Waals surface area (Å²) < 4.78 is 66.1. The molecule has 0 spiro atoms. The first-order valence-electron chi connectivity index (χ1n) is 8.72. The van der Waals surface area contributed by atoms with E-state index in [2.05, 4.69) is 0 Å². The Labute approximate surface area is 169 Å². The van der Waals surface area contributed by atoms with Crippen molar-refractivity contribution < 1.29 is 31.3 Å².